The number of pyridine rings is 1. The van der Waals surface area contributed by atoms with E-state index in [0.717, 1.165) is 11.4 Å². The van der Waals surface area contributed by atoms with Crippen LogP contribution in [0.2, 0.25) is 0 Å². The smallest absolute Gasteiger partial charge is 0.0682 e. The van der Waals surface area contributed by atoms with Crippen molar-refractivity contribution in [2.45, 2.75) is 283 Å². The average molecular weight is 928 g/mol. The summed E-state index contributed by atoms with van der Waals surface area (Å²) in [6, 6.07) is 12.6. The highest BCUT2D eigenvalue weighted by molar-refractivity contribution is 7.48. The predicted octanol–water partition coefficient (Wildman–Crippen LogP) is 18.0. The summed E-state index contributed by atoms with van der Waals surface area (Å²) in [5, 5.41) is 3.37. The molecule has 1 heterocycles. The molecule has 0 radical (unpaired) electrons. The molecule has 0 spiro atoms. The second kappa shape index (κ2) is 19.3. The maximum absolute atomic E-state index is 5.60. The van der Waals surface area contributed by atoms with Crippen LogP contribution in [0, 0.1) is 0 Å². The number of rotatable bonds is 20. The van der Waals surface area contributed by atoms with Crippen LogP contribution in [0.15, 0.2) is 30.3 Å². The van der Waals surface area contributed by atoms with Crippen molar-refractivity contribution in [1.82, 2.24) is 4.98 Å². The second-order valence-corrected chi connectivity index (χ2v) is 24.7. The van der Waals surface area contributed by atoms with Gasteiger partial charge in [0.1, 0.15) is 0 Å². The molecule has 1 aromatic heterocycles. The van der Waals surface area contributed by atoms with Gasteiger partial charge < -0.3 is 0 Å². The highest BCUT2D eigenvalue weighted by Crippen LogP contribution is 2.64. The standard InChI is InChI=1S/C63H95NP2/c1-17-56(18-2)40-60(25-9,26-10)50-46(56)36-47-51(61(27-11,28-12)41-57(47,19-3)20-4)54(50)65-38-44-34-33-35-45(64-44)39-66-55-52-48(58(21-5,22-6)42-62(52,29-13)30-14)37-49-53(55)63(31-15,32-16)43-59(49,23-7)24-8/h33-39H,17-32,40-43H2,1-16H3. The van der Waals surface area contributed by atoms with E-state index in [1.807, 2.05) is 0 Å². The molecule has 0 saturated heterocycles. The first kappa shape index (κ1) is 51.8. The average Bonchev–Trinajstić information content (AvgIpc) is 4.05. The summed E-state index contributed by atoms with van der Waals surface area (Å²) in [6.45, 7) is 40.0. The molecule has 3 heteroatoms. The fraction of sp³-hybridized carbons (Fsp3) is 0.698. The molecule has 4 aliphatic carbocycles. The van der Waals surface area contributed by atoms with Crippen LogP contribution < -0.4 is 10.6 Å². The minimum Gasteiger partial charge on any atom is -0.248 e. The molecule has 0 unspecified atom stereocenters. The molecule has 0 saturated carbocycles. The van der Waals surface area contributed by atoms with Gasteiger partial charge in [-0.2, -0.15) is 0 Å². The maximum atomic E-state index is 5.60. The first-order chi connectivity index (χ1) is 31.7. The molecule has 4 aliphatic rings. The predicted molar refractivity (Wildman–Crippen MR) is 297 cm³/mol. The quantitative estimate of drug-likeness (QED) is 0.103. The highest BCUT2D eigenvalue weighted by atomic mass is 31.1. The molecule has 0 amide bonds. The van der Waals surface area contributed by atoms with Crippen molar-refractivity contribution < 1.29 is 0 Å². The Morgan fingerprint density at radius 1 is 0.348 bits per heavy atom. The molecule has 7 rings (SSSR count). The summed E-state index contributed by atoms with van der Waals surface area (Å²) in [5.74, 6) is 5.08. The van der Waals surface area contributed by atoms with E-state index in [1.54, 1.807) is 55.1 Å². The van der Waals surface area contributed by atoms with Crippen LogP contribution in [0.3, 0.4) is 0 Å². The van der Waals surface area contributed by atoms with Crippen molar-refractivity contribution in [3.05, 3.63) is 86.2 Å². The van der Waals surface area contributed by atoms with Crippen molar-refractivity contribution in [3.63, 3.8) is 0 Å². The van der Waals surface area contributed by atoms with Crippen LogP contribution in [0.1, 0.15) is 295 Å². The van der Waals surface area contributed by atoms with Gasteiger partial charge in [0, 0.05) is 10.6 Å². The second-order valence-electron chi connectivity index (χ2n) is 22.8. The van der Waals surface area contributed by atoms with Crippen LogP contribution in [0.5, 0.6) is 0 Å². The van der Waals surface area contributed by atoms with Crippen LogP contribution in [-0.2, 0) is 43.3 Å². The zero-order valence-electron chi connectivity index (χ0n) is 45.5. The molecule has 362 valence electrons. The summed E-state index contributed by atoms with van der Waals surface area (Å²) in [7, 11) is 2.68. The molecular formula is C63H95NP2. The Kier molecular flexibility index (Phi) is 15.1. The lowest BCUT2D eigenvalue weighted by Crippen LogP contribution is -2.33. The summed E-state index contributed by atoms with van der Waals surface area (Å²) < 4.78 is 0. The van der Waals surface area contributed by atoms with E-state index >= 15 is 0 Å². The Hall–Kier alpha value is -2.07. The summed E-state index contributed by atoms with van der Waals surface area (Å²) >= 11 is 0. The lowest BCUT2D eigenvalue weighted by molar-refractivity contribution is 0.279. The van der Waals surface area contributed by atoms with E-state index in [9.17, 15) is 0 Å². The lowest BCUT2D eigenvalue weighted by atomic mass is 9.70. The van der Waals surface area contributed by atoms with Crippen molar-refractivity contribution in [3.8, 4) is 0 Å². The zero-order chi connectivity index (χ0) is 48.1. The van der Waals surface area contributed by atoms with Crippen LogP contribution in [0.4, 0.5) is 0 Å². The van der Waals surface area contributed by atoms with E-state index in [1.165, 1.54) is 145 Å². The van der Waals surface area contributed by atoms with Crippen molar-refractivity contribution in [1.29, 1.82) is 0 Å². The van der Waals surface area contributed by atoms with Crippen LogP contribution in [0.25, 0.3) is 0 Å². The Bertz CT molecular complexity index is 1990. The van der Waals surface area contributed by atoms with E-state index < -0.39 is 0 Å². The van der Waals surface area contributed by atoms with E-state index in [2.05, 4.69) is 153 Å². The van der Waals surface area contributed by atoms with Gasteiger partial charge in [0.25, 0.3) is 0 Å². The molecular weight excluding hydrogens is 833 g/mol. The molecule has 3 aromatic rings. The summed E-state index contributed by atoms with van der Waals surface area (Å²) in [4.78, 5) is 5.60. The Morgan fingerprint density at radius 3 is 0.758 bits per heavy atom. The Labute approximate surface area is 410 Å². The third-order valence-corrected chi connectivity index (χ3v) is 24.2. The van der Waals surface area contributed by atoms with Gasteiger partial charge in [-0.05, 0) is 240 Å². The van der Waals surface area contributed by atoms with Crippen molar-refractivity contribution in [2.75, 3.05) is 0 Å². The van der Waals surface area contributed by atoms with E-state index in [4.69, 9.17) is 4.98 Å². The summed E-state index contributed by atoms with van der Waals surface area (Å²) in [6.07, 6.45) is 24.8. The number of hydrogen-bond acceptors (Lipinski definition) is 1. The molecule has 0 fully saturated rings. The number of fused-ring (bicyclic) bond motifs is 4. The number of hydrogen-bond donors (Lipinski definition) is 0. The monoisotopic (exact) mass is 928 g/mol. The van der Waals surface area contributed by atoms with Crippen molar-refractivity contribution >= 4 is 38.6 Å². The van der Waals surface area contributed by atoms with Gasteiger partial charge in [-0.1, -0.05) is 145 Å². The van der Waals surface area contributed by atoms with Gasteiger partial charge in [-0.3, -0.25) is 0 Å². The minimum atomic E-state index is 0.222. The van der Waals surface area contributed by atoms with Gasteiger partial charge >= 0.3 is 0 Å². The number of aromatic nitrogens is 1. The van der Waals surface area contributed by atoms with E-state index in [-0.39, 0.29) is 43.3 Å². The normalized spacial score (nSPS) is 21.7. The molecule has 0 bridgehead atoms. The van der Waals surface area contributed by atoms with Gasteiger partial charge in [0.2, 0.25) is 0 Å². The Morgan fingerprint density at radius 2 is 0.561 bits per heavy atom. The minimum absolute atomic E-state index is 0.222. The zero-order valence-corrected chi connectivity index (χ0v) is 47.3. The largest absolute Gasteiger partial charge is 0.248 e. The molecule has 1 nitrogen and oxygen atoms in total. The summed E-state index contributed by atoms with van der Waals surface area (Å²) in [5.41, 5.74) is 18.1. The van der Waals surface area contributed by atoms with Gasteiger partial charge in [-0.25, -0.2) is 4.98 Å². The first-order valence-electron chi connectivity index (χ1n) is 28.2. The number of benzene rings is 2. The molecule has 0 N–H and O–H groups in total. The molecule has 0 atom stereocenters. The SMILES string of the molecule is CCC1(CC)CC(CC)(CC)c2c1cc1c(c2P=Cc2cccc(C=Pc3c4c(cc5c3C(CC)(CC)CC5(CC)CC)C(CC)(CC)CC4(CC)CC)n2)C(CC)(CC)CC1(CC)CC. The van der Waals surface area contributed by atoms with Crippen LogP contribution >= 0.6 is 16.4 Å². The van der Waals surface area contributed by atoms with Gasteiger partial charge in [-0.15, -0.1) is 0 Å². The fourth-order valence-electron chi connectivity index (χ4n) is 16.6. The van der Waals surface area contributed by atoms with Gasteiger partial charge in [0.05, 0.1) is 11.4 Å². The van der Waals surface area contributed by atoms with Gasteiger partial charge in [0.15, 0.2) is 0 Å². The maximum Gasteiger partial charge on any atom is 0.0682 e. The van der Waals surface area contributed by atoms with Crippen molar-refractivity contribution in [2.24, 2.45) is 0 Å². The third-order valence-electron chi connectivity index (χ3n) is 22.0. The first-order valence-corrected chi connectivity index (χ1v) is 30.1. The highest BCUT2D eigenvalue weighted by Gasteiger charge is 2.58. The van der Waals surface area contributed by atoms with Crippen LogP contribution in [-0.4, -0.2) is 16.6 Å². The fourth-order valence-corrected chi connectivity index (χ4v) is 19.3. The lowest BCUT2D eigenvalue weighted by Gasteiger charge is -2.35. The molecule has 66 heavy (non-hydrogen) atoms. The topological polar surface area (TPSA) is 12.9 Å². The number of nitrogens with zero attached hydrogens (tertiary/aromatic N) is 1. The molecule has 2 aromatic carbocycles. The van der Waals surface area contributed by atoms with E-state index in [0.29, 0.717) is 0 Å². The Balaban J connectivity index is 1.46. The third kappa shape index (κ3) is 7.26. The molecule has 0 aliphatic heterocycles.